The minimum atomic E-state index is -3.20. The predicted molar refractivity (Wildman–Crippen MR) is 83.2 cm³/mol. The molecular formula is C14H18N4O4S. The van der Waals surface area contributed by atoms with E-state index in [1.807, 2.05) is 0 Å². The Bertz CT molecular complexity index is 774. The third kappa shape index (κ3) is 3.15. The van der Waals surface area contributed by atoms with Crippen LogP contribution < -0.4 is 0 Å². The van der Waals surface area contributed by atoms with Crippen LogP contribution in [-0.2, 0) is 10.0 Å². The molecule has 23 heavy (non-hydrogen) atoms. The summed E-state index contributed by atoms with van der Waals surface area (Å²) in [5.41, 5.74) is 0.925. The summed E-state index contributed by atoms with van der Waals surface area (Å²) < 4.78 is 30.3. The van der Waals surface area contributed by atoms with Crippen molar-refractivity contribution in [2.45, 2.75) is 6.92 Å². The SMILES string of the molecule is CCS(=O)(=O)N1CCN(C(=O)c2cc(-c3ccco3)[nH]n2)CC1. The van der Waals surface area contributed by atoms with Crippen LogP contribution in [0.2, 0.25) is 0 Å². The predicted octanol–water partition coefficient (Wildman–Crippen LogP) is 0.777. The third-order valence-electron chi connectivity index (χ3n) is 3.87. The van der Waals surface area contributed by atoms with Gasteiger partial charge in [-0.3, -0.25) is 9.89 Å². The first-order valence-corrected chi connectivity index (χ1v) is 8.98. The lowest BCUT2D eigenvalue weighted by Crippen LogP contribution is -2.50. The molecule has 1 aliphatic rings. The van der Waals surface area contributed by atoms with E-state index in [2.05, 4.69) is 10.2 Å². The van der Waals surface area contributed by atoms with E-state index < -0.39 is 10.0 Å². The zero-order valence-electron chi connectivity index (χ0n) is 12.7. The molecule has 0 unspecified atom stereocenters. The summed E-state index contributed by atoms with van der Waals surface area (Å²) in [5, 5.41) is 6.80. The Labute approximate surface area is 134 Å². The summed E-state index contributed by atoms with van der Waals surface area (Å²) in [7, 11) is -3.20. The molecule has 2 aromatic rings. The van der Waals surface area contributed by atoms with Gasteiger partial charge in [-0.1, -0.05) is 0 Å². The normalized spacial score (nSPS) is 16.7. The van der Waals surface area contributed by atoms with Gasteiger partial charge in [-0.25, -0.2) is 8.42 Å². The lowest BCUT2D eigenvalue weighted by molar-refractivity contribution is 0.0692. The summed E-state index contributed by atoms with van der Waals surface area (Å²) in [4.78, 5) is 14.1. The molecule has 3 rings (SSSR count). The number of hydrogen-bond donors (Lipinski definition) is 1. The van der Waals surface area contributed by atoms with E-state index in [-0.39, 0.29) is 11.7 Å². The maximum atomic E-state index is 12.5. The fourth-order valence-electron chi connectivity index (χ4n) is 2.50. The molecule has 2 aromatic heterocycles. The first-order chi connectivity index (χ1) is 11.0. The van der Waals surface area contributed by atoms with Crippen molar-refractivity contribution in [1.82, 2.24) is 19.4 Å². The number of amides is 1. The van der Waals surface area contributed by atoms with E-state index >= 15 is 0 Å². The van der Waals surface area contributed by atoms with Crippen molar-refractivity contribution in [2.75, 3.05) is 31.9 Å². The number of H-pyrrole nitrogens is 1. The molecule has 1 N–H and O–H groups in total. The second-order valence-corrected chi connectivity index (χ2v) is 7.49. The summed E-state index contributed by atoms with van der Waals surface area (Å²) in [6.45, 7) is 2.98. The molecule has 0 radical (unpaired) electrons. The van der Waals surface area contributed by atoms with E-state index in [0.29, 0.717) is 43.3 Å². The van der Waals surface area contributed by atoms with E-state index in [4.69, 9.17) is 4.42 Å². The maximum Gasteiger partial charge on any atom is 0.274 e. The second-order valence-electron chi connectivity index (χ2n) is 5.24. The Morgan fingerprint density at radius 1 is 1.35 bits per heavy atom. The standard InChI is InChI=1S/C14H18N4O4S/c1-2-23(20,21)18-7-5-17(6-8-18)14(19)12-10-11(15-16-12)13-4-3-9-22-13/h3-4,9-10H,2,5-8H2,1H3,(H,15,16). The van der Waals surface area contributed by atoms with E-state index in [0.717, 1.165) is 0 Å². The molecule has 0 spiro atoms. The van der Waals surface area contributed by atoms with Gasteiger partial charge < -0.3 is 9.32 Å². The molecule has 1 fully saturated rings. The van der Waals surface area contributed by atoms with Gasteiger partial charge in [0.15, 0.2) is 11.5 Å². The number of carbonyl (C=O) groups excluding carboxylic acids is 1. The van der Waals surface area contributed by atoms with Crippen molar-refractivity contribution >= 4 is 15.9 Å². The van der Waals surface area contributed by atoms with Crippen LogP contribution in [0.3, 0.4) is 0 Å². The number of aromatic nitrogens is 2. The lowest BCUT2D eigenvalue weighted by atomic mass is 10.2. The Morgan fingerprint density at radius 3 is 2.70 bits per heavy atom. The molecule has 0 aromatic carbocycles. The minimum Gasteiger partial charge on any atom is -0.463 e. The van der Waals surface area contributed by atoms with Gasteiger partial charge in [-0.15, -0.1) is 0 Å². The Morgan fingerprint density at radius 2 is 2.09 bits per heavy atom. The van der Waals surface area contributed by atoms with Crippen LogP contribution in [0.1, 0.15) is 17.4 Å². The van der Waals surface area contributed by atoms with Crippen molar-refractivity contribution in [1.29, 1.82) is 0 Å². The first-order valence-electron chi connectivity index (χ1n) is 7.37. The van der Waals surface area contributed by atoms with Crippen LogP contribution in [-0.4, -0.2) is 65.7 Å². The highest BCUT2D eigenvalue weighted by Crippen LogP contribution is 2.19. The molecule has 1 amide bonds. The van der Waals surface area contributed by atoms with Crippen LogP contribution >= 0.6 is 0 Å². The van der Waals surface area contributed by atoms with E-state index in [1.54, 1.807) is 36.3 Å². The Balaban J connectivity index is 1.66. The van der Waals surface area contributed by atoms with Crippen LogP contribution in [0.25, 0.3) is 11.5 Å². The van der Waals surface area contributed by atoms with Crippen molar-refractivity contribution in [3.05, 3.63) is 30.2 Å². The minimum absolute atomic E-state index is 0.0762. The first kappa shape index (κ1) is 15.8. The number of nitrogens with zero attached hydrogens (tertiary/aromatic N) is 3. The van der Waals surface area contributed by atoms with Crippen LogP contribution in [0, 0.1) is 0 Å². The molecule has 0 bridgehead atoms. The zero-order chi connectivity index (χ0) is 16.4. The quantitative estimate of drug-likeness (QED) is 0.888. The van der Waals surface area contributed by atoms with Crippen molar-refractivity contribution in [2.24, 2.45) is 0 Å². The number of carbonyl (C=O) groups is 1. The average molecular weight is 338 g/mol. The molecule has 9 heteroatoms. The van der Waals surface area contributed by atoms with Gasteiger partial charge in [0.05, 0.1) is 12.0 Å². The van der Waals surface area contributed by atoms with Crippen molar-refractivity contribution in [3.8, 4) is 11.5 Å². The van der Waals surface area contributed by atoms with Gasteiger partial charge in [0.1, 0.15) is 5.69 Å². The van der Waals surface area contributed by atoms with E-state index in [1.165, 1.54) is 4.31 Å². The van der Waals surface area contributed by atoms with Crippen LogP contribution in [0.5, 0.6) is 0 Å². The molecule has 0 saturated carbocycles. The summed E-state index contributed by atoms with van der Waals surface area (Å²) in [6.07, 6.45) is 1.55. The highest BCUT2D eigenvalue weighted by molar-refractivity contribution is 7.89. The second kappa shape index (κ2) is 6.17. The van der Waals surface area contributed by atoms with Gasteiger partial charge in [0.2, 0.25) is 10.0 Å². The molecule has 1 saturated heterocycles. The molecular weight excluding hydrogens is 320 g/mol. The molecule has 1 aliphatic heterocycles. The number of furan rings is 1. The largest absolute Gasteiger partial charge is 0.463 e. The van der Waals surface area contributed by atoms with Gasteiger partial charge in [-0.05, 0) is 19.1 Å². The third-order valence-corrected chi connectivity index (χ3v) is 5.75. The molecule has 124 valence electrons. The molecule has 8 nitrogen and oxygen atoms in total. The number of rotatable bonds is 4. The average Bonchev–Trinajstić information content (AvgIpc) is 3.25. The Hall–Kier alpha value is -2.13. The number of nitrogens with one attached hydrogen (secondary N) is 1. The van der Waals surface area contributed by atoms with Crippen LogP contribution in [0.15, 0.2) is 28.9 Å². The molecule has 0 atom stereocenters. The number of aromatic amines is 1. The number of hydrogen-bond acceptors (Lipinski definition) is 5. The molecule has 0 aliphatic carbocycles. The monoisotopic (exact) mass is 338 g/mol. The van der Waals surface area contributed by atoms with Crippen molar-refractivity contribution < 1.29 is 17.6 Å². The highest BCUT2D eigenvalue weighted by atomic mass is 32.2. The van der Waals surface area contributed by atoms with Crippen LogP contribution in [0.4, 0.5) is 0 Å². The summed E-state index contributed by atoms with van der Waals surface area (Å²) in [5.74, 6) is 0.468. The Kier molecular flexibility index (Phi) is 4.22. The summed E-state index contributed by atoms with van der Waals surface area (Å²) in [6, 6.07) is 5.16. The lowest BCUT2D eigenvalue weighted by Gasteiger charge is -2.33. The van der Waals surface area contributed by atoms with Gasteiger partial charge in [0, 0.05) is 32.2 Å². The van der Waals surface area contributed by atoms with E-state index in [9.17, 15) is 13.2 Å². The highest BCUT2D eigenvalue weighted by Gasteiger charge is 2.29. The molecule has 3 heterocycles. The smallest absolute Gasteiger partial charge is 0.274 e. The fourth-order valence-corrected chi connectivity index (χ4v) is 3.59. The number of sulfonamides is 1. The number of piperazine rings is 1. The fraction of sp³-hybridized carbons (Fsp3) is 0.429. The summed E-state index contributed by atoms with van der Waals surface area (Å²) >= 11 is 0. The zero-order valence-corrected chi connectivity index (χ0v) is 13.5. The maximum absolute atomic E-state index is 12.5. The topological polar surface area (TPSA) is 99.5 Å². The van der Waals surface area contributed by atoms with Gasteiger partial charge in [0.25, 0.3) is 5.91 Å². The van der Waals surface area contributed by atoms with Gasteiger partial charge in [-0.2, -0.15) is 9.40 Å². The van der Waals surface area contributed by atoms with Crippen molar-refractivity contribution in [3.63, 3.8) is 0 Å². The van der Waals surface area contributed by atoms with Gasteiger partial charge >= 0.3 is 0 Å².